The Morgan fingerprint density at radius 3 is 1.89 bits per heavy atom. The zero-order valence-electron chi connectivity index (χ0n) is 20.4. The third-order valence-corrected chi connectivity index (χ3v) is 5.86. The number of amides is 1. The van der Waals surface area contributed by atoms with E-state index in [1.807, 2.05) is 43.3 Å². The number of nitrogens with one attached hydrogen (secondary N) is 1. The summed E-state index contributed by atoms with van der Waals surface area (Å²) in [6, 6.07) is 22.6. The lowest BCUT2D eigenvalue weighted by Gasteiger charge is -2.38. The lowest BCUT2D eigenvalue weighted by molar-refractivity contribution is -0.192. The predicted octanol–water partition coefficient (Wildman–Crippen LogP) is 4.91. The number of rotatable bonds is 5. The van der Waals surface area contributed by atoms with Crippen molar-refractivity contribution in [3.8, 4) is 0 Å². The van der Waals surface area contributed by atoms with Crippen molar-refractivity contribution in [1.29, 1.82) is 0 Å². The van der Waals surface area contributed by atoms with E-state index in [1.165, 1.54) is 11.8 Å². The highest BCUT2D eigenvalue weighted by atomic mass is 19.4. The second-order valence-electron chi connectivity index (χ2n) is 8.42. The van der Waals surface area contributed by atoms with Gasteiger partial charge in [0.15, 0.2) is 0 Å². The van der Waals surface area contributed by atoms with Gasteiger partial charge in [0.05, 0.1) is 11.3 Å². The second kappa shape index (κ2) is 12.1. The number of aliphatic carboxylic acids is 1. The van der Waals surface area contributed by atoms with Crippen LogP contribution >= 0.6 is 0 Å². The standard InChI is InChI=1S/C25H25N3O3.C2HF3O2/c1-18-7-5-6-10-21(18)24(29)26-19-11-12-23(22(17-19)25(30)31)28-15-13-27(14-16-28)20-8-3-2-4-9-20;3-2(4,5)1(6)7/h2-12,17H,13-16H2,1H3,(H,26,29)(H,30,31);(H,6,7). The molecular formula is C27H26F3N3O5. The number of halogens is 3. The number of hydrogen-bond acceptors (Lipinski definition) is 5. The number of carboxylic acids is 2. The van der Waals surface area contributed by atoms with Crippen molar-refractivity contribution < 1.29 is 37.8 Å². The van der Waals surface area contributed by atoms with Crippen LogP contribution in [0.2, 0.25) is 0 Å². The smallest absolute Gasteiger partial charge is 0.478 e. The molecule has 38 heavy (non-hydrogen) atoms. The lowest BCUT2D eigenvalue weighted by atomic mass is 10.1. The minimum Gasteiger partial charge on any atom is -0.478 e. The third-order valence-electron chi connectivity index (χ3n) is 5.86. The van der Waals surface area contributed by atoms with Gasteiger partial charge in [0.25, 0.3) is 5.91 Å². The quantitative estimate of drug-likeness (QED) is 0.431. The maximum Gasteiger partial charge on any atom is 0.490 e. The summed E-state index contributed by atoms with van der Waals surface area (Å²) in [6.45, 7) is 4.95. The van der Waals surface area contributed by atoms with Gasteiger partial charge in [-0.25, -0.2) is 9.59 Å². The first-order valence-corrected chi connectivity index (χ1v) is 11.6. The second-order valence-corrected chi connectivity index (χ2v) is 8.42. The summed E-state index contributed by atoms with van der Waals surface area (Å²) in [7, 11) is 0. The van der Waals surface area contributed by atoms with Gasteiger partial charge >= 0.3 is 18.1 Å². The molecular weight excluding hydrogens is 503 g/mol. The van der Waals surface area contributed by atoms with Crippen LogP contribution in [-0.2, 0) is 4.79 Å². The number of carbonyl (C=O) groups excluding carboxylic acids is 1. The van der Waals surface area contributed by atoms with Crippen LogP contribution in [0, 0.1) is 6.92 Å². The summed E-state index contributed by atoms with van der Waals surface area (Å²) >= 11 is 0. The van der Waals surface area contributed by atoms with Gasteiger partial charge in [-0.2, -0.15) is 13.2 Å². The summed E-state index contributed by atoms with van der Waals surface area (Å²) in [4.78, 5) is 37.8. The topological polar surface area (TPSA) is 110 Å². The number of piperazine rings is 1. The van der Waals surface area contributed by atoms with Crippen LogP contribution in [0.3, 0.4) is 0 Å². The van der Waals surface area contributed by atoms with Gasteiger partial charge in [0.1, 0.15) is 0 Å². The van der Waals surface area contributed by atoms with Crippen molar-refractivity contribution in [2.45, 2.75) is 13.1 Å². The fourth-order valence-electron chi connectivity index (χ4n) is 3.93. The number of anilines is 3. The molecule has 200 valence electrons. The number of aryl methyl sites for hydroxylation is 1. The average molecular weight is 530 g/mol. The molecule has 0 bridgehead atoms. The van der Waals surface area contributed by atoms with Crippen LogP contribution < -0.4 is 15.1 Å². The molecule has 8 nitrogen and oxygen atoms in total. The molecule has 1 aliphatic heterocycles. The van der Waals surface area contributed by atoms with Crippen molar-refractivity contribution in [2.24, 2.45) is 0 Å². The van der Waals surface area contributed by atoms with E-state index in [0.29, 0.717) is 16.9 Å². The van der Waals surface area contributed by atoms with Gasteiger partial charge in [-0.15, -0.1) is 0 Å². The first-order chi connectivity index (χ1) is 18.0. The Balaban J connectivity index is 0.000000505. The van der Waals surface area contributed by atoms with E-state index < -0.39 is 18.1 Å². The zero-order chi connectivity index (χ0) is 27.9. The minimum absolute atomic E-state index is 0.191. The van der Waals surface area contributed by atoms with Crippen LogP contribution in [0.1, 0.15) is 26.3 Å². The molecule has 0 radical (unpaired) electrons. The van der Waals surface area contributed by atoms with E-state index in [9.17, 15) is 27.9 Å². The highest BCUT2D eigenvalue weighted by Gasteiger charge is 2.38. The molecule has 0 aromatic heterocycles. The fourth-order valence-corrected chi connectivity index (χ4v) is 3.93. The Hall–Kier alpha value is -4.54. The van der Waals surface area contributed by atoms with Gasteiger partial charge < -0.3 is 25.3 Å². The lowest BCUT2D eigenvalue weighted by Crippen LogP contribution is -2.47. The van der Waals surface area contributed by atoms with Crippen LogP contribution in [0.25, 0.3) is 0 Å². The molecule has 0 aliphatic carbocycles. The third kappa shape index (κ3) is 7.25. The Kier molecular flexibility index (Phi) is 8.95. The molecule has 11 heteroatoms. The van der Waals surface area contributed by atoms with Crippen molar-refractivity contribution in [1.82, 2.24) is 0 Å². The average Bonchev–Trinajstić information content (AvgIpc) is 2.89. The van der Waals surface area contributed by atoms with Crippen LogP contribution in [-0.4, -0.2) is 60.4 Å². The van der Waals surface area contributed by atoms with Gasteiger partial charge in [0, 0.05) is 43.1 Å². The van der Waals surface area contributed by atoms with E-state index in [2.05, 4.69) is 27.2 Å². The summed E-state index contributed by atoms with van der Waals surface area (Å²) in [5.74, 6) is -4.02. The molecule has 1 aliphatic rings. The normalized spacial score (nSPS) is 13.3. The Morgan fingerprint density at radius 2 is 1.34 bits per heavy atom. The van der Waals surface area contributed by atoms with Crippen molar-refractivity contribution in [3.05, 3.63) is 89.5 Å². The summed E-state index contributed by atoms with van der Waals surface area (Å²) < 4.78 is 31.7. The summed E-state index contributed by atoms with van der Waals surface area (Å²) in [5.41, 5.74) is 3.95. The number of benzene rings is 3. The molecule has 4 rings (SSSR count). The Morgan fingerprint density at radius 1 is 0.789 bits per heavy atom. The van der Waals surface area contributed by atoms with E-state index >= 15 is 0 Å². The Labute approximate surface area is 216 Å². The summed E-state index contributed by atoms with van der Waals surface area (Å²) in [6.07, 6.45) is -5.08. The molecule has 1 fully saturated rings. The van der Waals surface area contributed by atoms with E-state index in [-0.39, 0.29) is 11.5 Å². The fraction of sp³-hybridized carbons (Fsp3) is 0.222. The first-order valence-electron chi connectivity index (χ1n) is 11.6. The molecule has 0 atom stereocenters. The number of alkyl halides is 3. The van der Waals surface area contributed by atoms with Gasteiger partial charge in [-0.05, 0) is 48.9 Å². The first kappa shape index (κ1) is 28.0. The van der Waals surface area contributed by atoms with E-state index in [4.69, 9.17) is 9.90 Å². The monoisotopic (exact) mass is 529 g/mol. The molecule has 3 aromatic carbocycles. The van der Waals surface area contributed by atoms with Gasteiger partial charge in [-0.1, -0.05) is 36.4 Å². The molecule has 0 spiro atoms. The number of nitrogens with zero attached hydrogens (tertiary/aromatic N) is 2. The maximum absolute atomic E-state index is 12.6. The summed E-state index contributed by atoms with van der Waals surface area (Å²) in [5, 5.41) is 19.7. The molecule has 0 saturated carbocycles. The van der Waals surface area contributed by atoms with Crippen molar-refractivity contribution in [2.75, 3.05) is 41.3 Å². The van der Waals surface area contributed by atoms with Gasteiger partial charge in [-0.3, -0.25) is 4.79 Å². The zero-order valence-corrected chi connectivity index (χ0v) is 20.4. The SMILES string of the molecule is Cc1ccccc1C(=O)Nc1ccc(N2CCN(c3ccccc3)CC2)c(C(=O)O)c1.O=C(O)C(F)(F)F. The molecule has 0 unspecified atom stereocenters. The largest absolute Gasteiger partial charge is 0.490 e. The molecule has 3 N–H and O–H groups in total. The predicted molar refractivity (Wildman–Crippen MR) is 137 cm³/mol. The number of hydrogen-bond donors (Lipinski definition) is 3. The molecule has 1 saturated heterocycles. The number of para-hydroxylation sites is 1. The van der Waals surface area contributed by atoms with Crippen molar-refractivity contribution in [3.63, 3.8) is 0 Å². The van der Waals surface area contributed by atoms with Crippen LogP contribution in [0.4, 0.5) is 30.2 Å². The minimum atomic E-state index is -5.08. The van der Waals surface area contributed by atoms with Crippen LogP contribution in [0.5, 0.6) is 0 Å². The maximum atomic E-state index is 12.6. The molecule has 1 heterocycles. The number of carboxylic acid groups (broad SMARTS) is 2. The van der Waals surface area contributed by atoms with Crippen LogP contribution in [0.15, 0.2) is 72.8 Å². The van der Waals surface area contributed by atoms with Crippen molar-refractivity contribution >= 4 is 34.9 Å². The van der Waals surface area contributed by atoms with E-state index in [0.717, 1.165) is 31.7 Å². The highest BCUT2D eigenvalue weighted by Crippen LogP contribution is 2.27. The van der Waals surface area contributed by atoms with E-state index in [1.54, 1.807) is 18.2 Å². The van der Waals surface area contributed by atoms with Gasteiger partial charge in [0.2, 0.25) is 0 Å². The molecule has 3 aromatic rings. The molecule has 1 amide bonds. The highest BCUT2D eigenvalue weighted by molar-refractivity contribution is 6.06. The Bertz CT molecular complexity index is 1290. The number of carbonyl (C=O) groups is 3. The number of aromatic carboxylic acids is 1.